The highest BCUT2D eigenvalue weighted by molar-refractivity contribution is 5.96. The molecule has 0 aliphatic rings. The minimum Gasteiger partial charge on any atom is -0.477 e. The number of nitrogens with zero attached hydrogens (tertiary/aromatic N) is 3. The van der Waals surface area contributed by atoms with E-state index in [1.165, 1.54) is 22.8 Å². The highest BCUT2D eigenvalue weighted by Crippen LogP contribution is 2.26. The maximum atomic E-state index is 13.0. The Balaban J connectivity index is 2.40. The molecule has 11 nitrogen and oxygen atoms in total. The smallest absolute Gasteiger partial charge is 0.330 e. The van der Waals surface area contributed by atoms with E-state index in [1.807, 2.05) is 20.8 Å². The molecule has 1 aromatic carbocycles. The summed E-state index contributed by atoms with van der Waals surface area (Å²) in [5.74, 6) is -0.836. The topological polar surface area (TPSA) is 154 Å². The van der Waals surface area contributed by atoms with Crippen molar-refractivity contribution in [2.45, 2.75) is 40.2 Å². The van der Waals surface area contributed by atoms with Crippen LogP contribution in [0.25, 0.3) is 0 Å². The van der Waals surface area contributed by atoms with Crippen molar-refractivity contribution in [2.24, 2.45) is 5.92 Å². The molecule has 168 valence electrons. The minimum absolute atomic E-state index is 0.0372. The molecule has 1 aromatic heterocycles. The van der Waals surface area contributed by atoms with Crippen LogP contribution >= 0.6 is 0 Å². The second kappa shape index (κ2) is 10.4. The normalized spacial score (nSPS) is 10.8. The molecule has 31 heavy (non-hydrogen) atoms. The van der Waals surface area contributed by atoms with E-state index >= 15 is 0 Å². The van der Waals surface area contributed by atoms with Crippen LogP contribution in [0.3, 0.4) is 0 Å². The molecule has 0 bridgehead atoms. The van der Waals surface area contributed by atoms with Gasteiger partial charge < -0.3 is 15.4 Å². The standard InChI is InChI=1S/C20H27N5O6/c1-4-5-10-23-18(21)17(19(27)22-20(23)28)24(11-13(2)3)16(26)12-31-15-9-7-6-8-14(15)25(29)30/h6-9,13H,4-5,10-12,21H2,1-3H3,(H,22,27,28). The third-order valence-electron chi connectivity index (χ3n) is 4.48. The quantitative estimate of drug-likeness (QED) is 0.428. The summed E-state index contributed by atoms with van der Waals surface area (Å²) in [5.41, 5.74) is 4.28. The monoisotopic (exact) mass is 433 g/mol. The number of hydrogen-bond donors (Lipinski definition) is 2. The Morgan fingerprint density at radius 2 is 2.00 bits per heavy atom. The van der Waals surface area contributed by atoms with Gasteiger partial charge in [0.25, 0.3) is 11.5 Å². The number of nitro groups is 1. The first-order valence-electron chi connectivity index (χ1n) is 9.96. The molecule has 0 radical (unpaired) electrons. The molecule has 0 saturated heterocycles. The number of carbonyl (C=O) groups is 1. The Labute approximate surface area is 178 Å². The van der Waals surface area contributed by atoms with Crippen molar-refractivity contribution < 1.29 is 14.5 Å². The second-order valence-corrected chi connectivity index (χ2v) is 7.41. The number of nitrogen functional groups attached to an aromatic ring is 1. The molecule has 0 saturated carbocycles. The number of benzene rings is 1. The van der Waals surface area contributed by atoms with Gasteiger partial charge in [-0.25, -0.2) is 4.79 Å². The zero-order valence-electron chi connectivity index (χ0n) is 17.8. The number of aromatic amines is 1. The van der Waals surface area contributed by atoms with Gasteiger partial charge >= 0.3 is 11.4 Å². The van der Waals surface area contributed by atoms with Gasteiger partial charge in [0, 0.05) is 19.2 Å². The number of aromatic nitrogens is 2. The average Bonchev–Trinajstić information content (AvgIpc) is 2.70. The number of nitrogens with two attached hydrogens (primary N) is 1. The summed E-state index contributed by atoms with van der Waals surface area (Å²) in [6.45, 7) is 5.52. The summed E-state index contributed by atoms with van der Waals surface area (Å²) in [7, 11) is 0. The lowest BCUT2D eigenvalue weighted by atomic mass is 10.2. The van der Waals surface area contributed by atoms with Gasteiger partial charge in [-0.1, -0.05) is 39.3 Å². The average molecular weight is 433 g/mol. The van der Waals surface area contributed by atoms with Crippen molar-refractivity contribution in [3.63, 3.8) is 0 Å². The fourth-order valence-electron chi connectivity index (χ4n) is 3.01. The van der Waals surface area contributed by atoms with Crippen LogP contribution in [0.15, 0.2) is 33.9 Å². The van der Waals surface area contributed by atoms with E-state index in [0.29, 0.717) is 13.0 Å². The molecular formula is C20H27N5O6. The summed E-state index contributed by atoms with van der Waals surface area (Å²) >= 11 is 0. The summed E-state index contributed by atoms with van der Waals surface area (Å²) in [6, 6.07) is 5.67. The number of rotatable bonds is 10. The third-order valence-corrected chi connectivity index (χ3v) is 4.48. The van der Waals surface area contributed by atoms with Gasteiger partial charge in [0.05, 0.1) is 4.92 Å². The summed E-state index contributed by atoms with van der Waals surface area (Å²) in [4.78, 5) is 51.6. The third kappa shape index (κ3) is 5.71. The van der Waals surface area contributed by atoms with Crippen LogP contribution in [0.2, 0.25) is 0 Å². The number of ether oxygens (including phenoxy) is 1. The fourth-order valence-corrected chi connectivity index (χ4v) is 3.01. The number of nitrogens with one attached hydrogen (secondary N) is 1. The molecular weight excluding hydrogens is 406 g/mol. The van der Waals surface area contributed by atoms with Gasteiger partial charge in [0.15, 0.2) is 18.0 Å². The van der Waals surface area contributed by atoms with Crippen LogP contribution in [0.5, 0.6) is 5.75 Å². The first-order chi connectivity index (χ1) is 14.7. The number of H-pyrrole nitrogens is 1. The first-order valence-corrected chi connectivity index (χ1v) is 9.96. The lowest BCUT2D eigenvalue weighted by Gasteiger charge is -2.26. The Bertz CT molecular complexity index is 1060. The molecule has 0 aliphatic heterocycles. The van der Waals surface area contributed by atoms with E-state index in [1.54, 1.807) is 6.07 Å². The zero-order valence-corrected chi connectivity index (χ0v) is 17.8. The Kier molecular flexibility index (Phi) is 7.94. The predicted molar refractivity (Wildman–Crippen MR) is 116 cm³/mol. The van der Waals surface area contributed by atoms with Gasteiger partial charge in [-0.2, -0.15) is 0 Å². The van der Waals surface area contributed by atoms with Crippen molar-refractivity contribution in [1.29, 1.82) is 0 Å². The van der Waals surface area contributed by atoms with Crippen LogP contribution in [-0.4, -0.2) is 33.5 Å². The van der Waals surface area contributed by atoms with Crippen molar-refractivity contribution in [2.75, 3.05) is 23.8 Å². The maximum Gasteiger partial charge on any atom is 0.330 e. The highest BCUT2D eigenvalue weighted by Gasteiger charge is 2.26. The highest BCUT2D eigenvalue weighted by atomic mass is 16.6. The van der Waals surface area contributed by atoms with Crippen LogP contribution in [-0.2, 0) is 11.3 Å². The summed E-state index contributed by atoms with van der Waals surface area (Å²) < 4.78 is 6.61. The van der Waals surface area contributed by atoms with Crippen molar-refractivity contribution in [3.05, 3.63) is 55.2 Å². The number of unbranched alkanes of at least 4 members (excludes halogenated alkanes) is 1. The molecule has 3 N–H and O–H groups in total. The molecule has 0 atom stereocenters. The molecule has 1 amide bonds. The number of amides is 1. The van der Waals surface area contributed by atoms with Gasteiger partial charge in [-0.3, -0.25) is 29.3 Å². The van der Waals surface area contributed by atoms with E-state index in [-0.39, 0.29) is 35.4 Å². The lowest BCUT2D eigenvalue weighted by molar-refractivity contribution is -0.385. The van der Waals surface area contributed by atoms with Crippen LogP contribution in [0, 0.1) is 16.0 Å². The molecule has 2 rings (SSSR count). The molecule has 0 spiro atoms. The number of carbonyl (C=O) groups excluding carboxylic acids is 1. The fraction of sp³-hybridized carbons (Fsp3) is 0.450. The number of anilines is 2. The van der Waals surface area contributed by atoms with E-state index in [2.05, 4.69) is 4.98 Å². The molecule has 0 aliphatic carbocycles. The second-order valence-electron chi connectivity index (χ2n) is 7.41. The van der Waals surface area contributed by atoms with Crippen LogP contribution < -0.4 is 26.6 Å². The molecule has 1 heterocycles. The van der Waals surface area contributed by atoms with Gasteiger partial charge in [0.2, 0.25) is 0 Å². The Morgan fingerprint density at radius 1 is 1.32 bits per heavy atom. The molecule has 0 fully saturated rings. The van der Waals surface area contributed by atoms with Crippen molar-refractivity contribution in [1.82, 2.24) is 9.55 Å². The van der Waals surface area contributed by atoms with Crippen LogP contribution in [0.1, 0.15) is 33.6 Å². The maximum absolute atomic E-state index is 13.0. The number of para-hydroxylation sites is 2. The van der Waals surface area contributed by atoms with Crippen LogP contribution in [0.4, 0.5) is 17.2 Å². The molecule has 11 heteroatoms. The SMILES string of the molecule is CCCCn1c(N)c(N(CC(C)C)C(=O)COc2ccccc2[N+](=O)[O-])c(=O)[nH]c1=O. The zero-order chi connectivity index (χ0) is 23.1. The number of nitro benzene ring substituents is 1. The van der Waals surface area contributed by atoms with E-state index in [9.17, 15) is 24.5 Å². The Hall–Kier alpha value is -3.63. The lowest BCUT2D eigenvalue weighted by Crippen LogP contribution is -2.44. The van der Waals surface area contributed by atoms with E-state index in [4.69, 9.17) is 10.5 Å². The van der Waals surface area contributed by atoms with E-state index in [0.717, 1.165) is 11.3 Å². The van der Waals surface area contributed by atoms with Crippen molar-refractivity contribution in [3.8, 4) is 5.75 Å². The van der Waals surface area contributed by atoms with Crippen molar-refractivity contribution >= 4 is 23.1 Å². The largest absolute Gasteiger partial charge is 0.477 e. The summed E-state index contributed by atoms with van der Waals surface area (Å²) in [6.07, 6.45) is 1.47. The molecule has 2 aromatic rings. The Morgan fingerprint density at radius 3 is 2.61 bits per heavy atom. The summed E-state index contributed by atoms with van der Waals surface area (Å²) in [5, 5.41) is 11.1. The first kappa shape index (κ1) is 23.6. The minimum atomic E-state index is -0.782. The molecule has 0 unspecified atom stereocenters. The van der Waals surface area contributed by atoms with Gasteiger partial charge in [-0.05, 0) is 18.4 Å². The van der Waals surface area contributed by atoms with Gasteiger partial charge in [0.1, 0.15) is 5.82 Å². The predicted octanol–water partition coefficient (Wildman–Crippen LogP) is 1.90. The van der Waals surface area contributed by atoms with Gasteiger partial charge in [-0.15, -0.1) is 0 Å². The number of hydrogen-bond acceptors (Lipinski definition) is 7. The van der Waals surface area contributed by atoms with E-state index < -0.39 is 28.7 Å².